The quantitative estimate of drug-likeness (QED) is 0.694. The van der Waals surface area contributed by atoms with E-state index < -0.39 is 12.1 Å². The molecule has 29 heavy (non-hydrogen) atoms. The molecule has 1 N–H and O–H groups in total. The molecule has 0 unspecified atom stereocenters. The zero-order valence-electron chi connectivity index (χ0n) is 15.5. The number of rotatable bonds is 5. The molecule has 9 heteroatoms. The highest BCUT2D eigenvalue weighted by molar-refractivity contribution is 7.14. The number of benzene rings is 1. The van der Waals surface area contributed by atoms with Gasteiger partial charge in [-0.3, -0.25) is 19.7 Å². The fourth-order valence-electron chi connectivity index (χ4n) is 3.13. The summed E-state index contributed by atoms with van der Waals surface area (Å²) in [7, 11) is 0. The van der Waals surface area contributed by atoms with Gasteiger partial charge in [0.15, 0.2) is 5.13 Å². The van der Waals surface area contributed by atoms with Crippen LogP contribution in [0.25, 0.3) is 11.4 Å². The molecule has 0 spiro atoms. The molecule has 0 saturated carbocycles. The molecule has 3 heterocycles. The summed E-state index contributed by atoms with van der Waals surface area (Å²) in [4.78, 5) is 39.3. The lowest BCUT2D eigenvalue weighted by Gasteiger charge is -2.22. The van der Waals surface area contributed by atoms with Crippen LogP contribution in [-0.4, -0.2) is 44.4 Å². The number of likely N-dealkylation sites (tertiary alicyclic amines) is 1. The molecule has 1 aliphatic heterocycles. The molecule has 0 radical (unpaired) electrons. The molecule has 0 aliphatic carbocycles. The van der Waals surface area contributed by atoms with Crippen molar-refractivity contribution in [2.45, 2.75) is 25.5 Å². The van der Waals surface area contributed by atoms with Crippen molar-refractivity contribution in [2.24, 2.45) is 0 Å². The number of nitrogens with zero attached hydrogens (tertiary/aromatic N) is 4. The molecular formula is C20H19N5O3S. The molecule has 2 aromatic heterocycles. The maximum Gasteiger partial charge on any atom is 0.410 e. The Labute approximate surface area is 171 Å². The van der Waals surface area contributed by atoms with Crippen molar-refractivity contribution in [3.8, 4) is 11.4 Å². The van der Waals surface area contributed by atoms with Gasteiger partial charge < -0.3 is 10.1 Å². The third-order valence-corrected chi connectivity index (χ3v) is 5.31. The Morgan fingerprint density at radius 1 is 1.21 bits per heavy atom. The SMILES string of the molecule is O=C(Nc1nc(-c2cnccn2)cs1)[C@H]1CCCN1C(=O)OCc1ccccc1. The zero-order valence-corrected chi connectivity index (χ0v) is 16.3. The van der Waals surface area contributed by atoms with Crippen molar-refractivity contribution in [1.29, 1.82) is 0 Å². The van der Waals surface area contributed by atoms with Crippen LogP contribution < -0.4 is 5.32 Å². The van der Waals surface area contributed by atoms with Crippen LogP contribution in [0.2, 0.25) is 0 Å². The van der Waals surface area contributed by atoms with Crippen LogP contribution in [0.5, 0.6) is 0 Å². The number of ether oxygens (including phenoxy) is 1. The molecular weight excluding hydrogens is 390 g/mol. The van der Waals surface area contributed by atoms with E-state index >= 15 is 0 Å². The second-order valence-corrected chi connectivity index (χ2v) is 7.37. The number of carbonyl (C=O) groups is 2. The lowest BCUT2D eigenvalue weighted by Crippen LogP contribution is -2.43. The minimum atomic E-state index is -0.567. The van der Waals surface area contributed by atoms with E-state index in [9.17, 15) is 9.59 Å². The van der Waals surface area contributed by atoms with Crippen LogP contribution in [0.1, 0.15) is 18.4 Å². The summed E-state index contributed by atoms with van der Waals surface area (Å²) in [5, 5.41) is 5.07. The number of amides is 2. The molecule has 8 nitrogen and oxygen atoms in total. The van der Waals surface area contributed by atoms with Crippen LogP contribution >= 0.6 is 11.3 Å². The normalized spacial score (nSPS) is 15.9. The zero-order chi connectivity index (χ0) is 20.1. The first-order chi connectivity index (χ1) is 14.2. The van der Waals surface area contributed by atoms with Gasteiger partial charge in [0, 0.05) is 24.3 Å². The maximum absolute atomic E-state index is 12.7. The third-order valence-electron chi connectivity index (χ3n) is 4.56. The highest BCUT2D eigenvalue weighted by Gasteiger charge is 2.35. The molecule has 0 bridgehead atoms. The number of carbonyl (C=O) groups excluding carboxylic acids is 2. The van der Waals surface area contributed by atoms with Crippen molar-refractivity contribution in [1.82, 2.24) is 19.9 Å². The van der Waals surface area contributed by atoms with E-state index in [1.807, 2.05) is 30.3 Å². The molecule has 2 amide bonds. The summed E-state index contributed by atoms with van der Waals surface area (Å²) in [5.41, 5.74) is 2.18. The lowest BCUT2D eigenvalue weighted by atomic mass is 10.2. The van der Waals surface area contributed by atoms with E-state index in [0.29, 0.717) is 29.5 Å². The molecule has 1 aliphatic rings. The van der Waals surface area contributed by atoms with Crippen molar-refractivity contribution >= 4 is 28.5 Å². The van der Waals surface area contributed by atoms with Gasteiger partial charge in [0.25, 0.3) is 0 Å². The fraction of sp³-hybridized carbons (Fsp3) is 0.250. The molecule has 1 aromatic carbocycles. The molecule has 148 valence electrons. The van der Waals surface area contributed by atoms with E-state index in [4.69, 9.17) is 4.74 Å². The van der Waals surface area contributed by atoms with E-state index in [-0.39, 0.29) is 12.5 Å². The molecule has 1 saturated heterocycles. The smallest absolute Gasteiger partial charge is 0.410 e. The van der Waals surface area contributed by atoms with Crippen LogP contribution in [0.4, 0.5) is 9.93 Å². The maximum atomic E-state index is 12.7. The Bertz CT molecular complexity index is 980. The largest absolute Gasteiger partial charge is 0.445 e. The highest BCUT2D eigenvalue weighted by Crippen LogP contribution is 2.25. The third kappa shape index (κ3) is 4.57. The van der Waals surface area contributed by atoms with Gasteiger partial charge in [0.1, 0.15) is 24.0 Å². The predicted octanol–water partition coefficient (Wildman–Crippen LogP) is 3.34. The predicted molar refractivity (Wildman–Crippen MR) is 108 cm³/mol. The minimum absolute atomic E-state index is 0.179. The Hall–Kier alpha value is -3.33. The van der Waals surface area contributed by atoms with Crippen LogP contribution in [0, 0.1) is 0 Å². The standard InChI is InChI=1S/C20H19N5O3S/c26-18(24-19-23-16(13-29-19)15-11-21-8-9-22-15)17-7-4-10-25(17)20(27)28-12-14-5-2-1-3-6-14/h1-3,5-6,8-9,11,13,17H,4,7,10,12H2,(H,23,24,26)/t17-/m1/s1. The Morgan fingerprint density at radius 2 is 2.07 bits per heavy atom. The summed E-state index contributed by atoms with van der Waals surface area (Å²) in [6.07, 6.45) is 5.65. The Morgan fingerprint density at radius 3 is 2.86 bits per heavy atom. The number of hydrogen-bond acceptors (Lipinski definition) is 7. The van der Waals surface area contributed by atoms with E-state index in [1.54, 1.807) is 24.0 Å². The first kappa shape index (κ1) is 19.0. The first-order valence-electron chi connectivity index (χ1n) is 9.21. The van der Waals surface area contributed by atoms with Crippen LogP contribution in [0.15, 0.2) is 54.3 Å². The van der Waals surface area contributed by atoms with Crippen LogP contribution in [-0.2, 0) is 16.1 Å². The van der Waals surface area contributed by atoms with E-state index in [2.05, 4.69) is 20.3 Å². The summed E-state index contributed by atoms with van der Waals surface area (Å²) >= 11 is 1.30. The monoisotopic (exact) mass is 409 g/mol. The molecule has 3 aromatic rings. The lowest BCUT2D eigenvalue weighted by molar-refractivity contribution is -0.120. The number of aromatic nitrogens is 3. The Balaban J connectivity index is 1.36. The summed E-state index contributed by atoms with van der Waals surface area (Å²) < 4.78 is 5.38. The van der Waals surface area contributed by atoms with E-state index in [1.165, 1.54) is 16.2 Å². The molecule has 1 atom stereocenters. The number of hydrogen-bond donors (Lipinski definition) is 1. The van der Waals surface area contributed by atoms with Gasteiger partial charge in [-0.2, -0.15) is 0 Å². The number of anilines is 1. The fourth-order valence-corrected chi connectivity index (χ4v) is 3.84. The second kappa shape index (κ2) is 8.78. The van der Waals surface area contributed by atoms with Gasteiger partial charge in [0.2, 0.25) is 5.91 Å². The number of thiazole rings is 1. The van der Waals surface area contributed by atoms with Crippen molar-refractivity contribution in [2.75, 3.05) is 11.9 Å². The van der Waals surface area contributed by atoms with Crippen molar-refractivity contribution < 1.29 is 14.3 Å². The van der Waals surface area contributed by atoms with Gasteiger partial charge in [-0.05, 0) is 18.4 Å². The summed E-state index contributed by atoms with van der Waals surface area (Å²) in [6.45, 7) is 0.674. The van der Waals surface area contributed by atoms with Gasteiger partial charge in [-0.15, -0.1) is 11.3 Å². The average molecular weight is 409 g/mol. The number of nitrogens with one attached hydrogen (secondary N) is 1. The molecule has 4 rings (SSSR count). The van der Waals surface area contributed by atoms with Gasteiger partial charge >= 0.3 is 6.09 Å². The summed E-state index contributed by atoms with van der Waals surface area (Å²) in [6, 6.07) is 8.89. The average Bonchev–Trinajstić information content (AvgIpc) is 3.43. The van der Waals surface area contributed by atoms with Crippen molar-refractivity contribution in [3.05, 3.63) is 59.9 Å². The summed E-state index contributed by atoms with van der Waals surface area (Å²) in [5.74, 6) is -0.265. The van der Waals surface area contributed by atoms with Gasteiger partial charge in [0.05, 0.1) is 6.20 Å². The second-order valence-electron chi connectivity index (χ2n) is 6.51. The van der Waals surface area contributed by atoms with Crippen LogP contribution in [0.3, 0.4) is 0 Å². The van der Waals surface area contributed by atoms with Gasteiger partial charge in [-0.1, -0.05) is 30.3 Å². The topological polar surface area (TPSA) is 97.3 Å². The molecule has 1 fully saturated rings. The Kier molecular flexibility index (Phi) is 5.76. The minimum Gasteiger partial charge on any atom is -0.445 e. The van der Waals surface area contributed by atoms with E-state index in [0.717, 1.165) is 12.0 Å². The highest BCUT2D eigenvalue weighted by atomic mass is 32.1. The van der Waals surface area contributed by atoms with Gasteiger partial charge in [-0.25, -0.2) is 9.78 Å². The van der Waals surface area contributed by atoms with Crippen molar-refractivity contribution in [3.63, 3.8) is 0 Å². The first-order valence-corrected chi connectivity index (χ1v) is 10.1.